The van der Waals surface area contributed by atoms with Gasteiger partial charge in [-0.1, -0.05) is 24.3 Å². The van der Waals surface area contributed by atoms with Crippen LogP contribution in [-0.2, 0) is 9.59 Å². The molecular formula is C20H26F4N2O4. The molecule has 0 spiro atoms. The second-order valence-electron chi connectivity index (χ2n) is 6.95. The number of likely N-dealkylation sites (tertiary alicyclic amines) is 1. The SMILES string of the molecule is CN(CC(=O)O)C1CCCN(C/C=C/c2ccc(F)cc2)CC1.O=C(O)C(F)(F)F. The van der Waals surface area contributed by atoms with E-state index < -0.39 is 18.1 Å². The van der Waals surface area contributed by atoms with Gasteiger partial charge in [0.25, 0.3) is 0 Å². The quantitative estimate of drug-likeness (QED) is 0.669. The van der Waals surface area contributed by atoms with Crippen molar-refractivity contribution in [3.05, 3.63) is 41.7 Å². The molecule has 0 aromatic heterocycles. The zero-order valence-corrected chi connectivity index (χ0v) is 16.6. The first-order valence-electron chi connectivity index (χ1n) is 9.35. The largest absolute Gasteiger partial charge is 0.490 e. The molecule has 6 nitrogen and oxygen atoms in total. The van der Waals surface area contributed by atoms with Crippen molar-refractivity contribution in [3.63, 3.8) is 0 Å². The molecule has 2 N–H and O–H groups in total. The van der Waals surface area contributed by atoms with Gasteiger partial charge in [-0.15, -0.1) is 0 Å². The number of halogens is 4. The number of hydrogen-bond acceptors (Lipinski definition) is 4. The predicted molar refractivity (Wildman–Crippen MR) is 103 cm³/mol. The topological polar surface area (TPSA) is 81.1 Å². The van der Waals surface area contributed by atoms with E-state index in [0.717, 1.165) is 44.5 Å². The number of carboxylic acids is 2. The lowest BCUT2D eigenvalue weighted by molar-refractivity contribution is -0.192. The Labute approximate surface area is 172 Å². The zero-order valence-electron chi connectivity index (χ0n) is 16.6. The van der Waals surface area contributed by atoms with Crippen molar-refractivity contribution in [2.45, 2.75) is 31.5 Å². The van der Waals surface area contributed by atoms with Crippen LogP contribution in [0.1, 0.15) is 24.8 Å². The molecule has 1 aliphatic rings. The first kappa shape index (κ1) is 25.6. The first-order valence-corrected chi connectivity index (χ1v) is 9.35. The van der Waals surface area contributed by atoms with Gasteiger partial charge in [0.2, 0.25) is 0 Å². The summed E-state index contributed by atoms with van der Waals surface area (Å²) in [6.45, 7) is 2.98. The zero-order chi connectivity index (χ0) is 22.7. The molecule has 1 aromatic carbocycles. The van der Waals surface area contributed by atoms with Crippen molar-refractivity contribution < 1.29 is 37.4 Å². The maximum Gasteiger partial charge on any atom is 0.490 e. The second kappa shape index (κ2) is 12.3. The molecule has 0 aliphatic carbocycles. The monoisotopic (exact) mass is 434 g/mol. The summed E-state index contributed by atoms with van der Waals surface area (Å²) >= 11 is 0. The maximum atomic E-state index is 12.9. The molecule has 1 heterocycles. The lowest BCUT2D eigenvalue weighted by Crippen LogP contribution is -2.36. The van der Waals surface area contributed by atoms with Crippen LogP contribution in [0.5, 0.6) is 0 Å². The molecule has 30 heavy (non-hydrogen) atoms. The molecule has 1 aliphatic heterocycles. The van der Waals surface area contributed by atoms with Crippen LogP contribution >= 0.6 is 0 Å². The van der Waals surface area contributed by atoms with E-state index in [1.807, 2.05) is 18.0 Å². The van der Waals surface area contributed by atoms with Crippen molar-refractivity contribution in [2.24, 2.45) is 0 Å². The number of carboxylic acid groups (broad SMARTS) is 2. The van der Waals surface area contributed by atoms with Crippen molar-refractivity contribution in [1.29, 1.82) is 0 Å². The smallest absolute Gasteiger partial charge is 0.480 e. The van der Waals surface area contributed by atoms with E-state index in [1.165, 1.54) is 12.1 Å². The highest BCUT2D eigenvalue weighted by Crippen LogP contribution is 2.16. The fraction of sp³-hybridized carbons (Fsp3) is 0.500. The number of likely N-dealkylation sites (N-methyl/N-ethyl adjacent to an activating group) is 1. The van der Waals surface area contributed by atoms with E-state index >= 15 is 0 Å². The molecule has 0 amide bonds. The van der Waals surface area contributed by atoms with Crippen LogP contribution in [0, 0.1) is 5.82 Å². The van der Waals surface area contributed by atoms with E-state index in [4.69, 9.17) is 15.0 Å². The van der Waals surface area contributed by atoms with Gasteiger partial charge in [0.05, 0.1) is 6.54 Å². The average Bonchev–Trinajstić information content (AvgIpc) is 2.88. The Hall–Kier alpha value is -2.46. The van der Waals surface area contributed by atoms with E-state index in [9.17, 15) is 22.4 Å². The average molecular weight is 434 g/mol. The minimum absolute atomic E-state index is 0.106. The van der Waals surface area contributed by atoms with Crippen LogP contribution in [0.25, 0.3) is 6.08 Å². The maximum absolute atomic E-state index is 12.9. The third kappa shape index (κ3) is 10.4. The molecule has 1 atom stereocenters. The summed E-state index contributed by atoms with van der Waals surface area (Å²) in [5.74, 6) is -3.74. The highest BCUT2D eigenvalue weighted by Gasteiger charge is 2.38. The number of benzene rings is 1. The van der Waals surface area contributed by atoms with Crippen LogP contribution in [0.4, 0.5) is 17.6 Å². The highest BCUT2D eigenvalue weighted by molar-refractivity contribution is 5.73. The predicted octanol–water partition coefficient (Wildman–Crippen LogP) is 3.34. The van der Waals surface area contributed by atoms with Gasteiger partial charge >= 0.3 is 18.1 Å². The molecule has 1 aromatic rings. The Morgan fingerprint density at radius 1 is 1.17 bits per heavy atom. The van der Waals surface area contributed by atoms with Crippen molar-refractivity contribution >= 4 is 18.0 Å². The van der Waals surface area contributed by atoms with Crippen molar-refractivity contribution in [3.8, 4) is 0 Å². The first-order chi connectivity index (χ1) is 14.0. The fourth-order valence-corrected chi connectivity index (χ4v) is 3.02. The minimum atomic E-state index is -5.08. The van der Waals surface area contributed by atoms with Crippen LogP contribution in [0.2, 0.25) is 0 Å². The molecule has 168 valence electrons. The fourth-order valence-electron chi connectivity index (χ4n) is 3.02. The van der Waals surface area contributed by atoms with Gasteiger partial charge in [0.1, 0.15) is 5.82 Å². The minimum Gasteiger partial charge on any atom is -0.480 e. The van der Waals surface area contributed by atoms with Gasteiger partial charge in [-0.05, 0) is 57.1 Å². The molecule has 10 heteroatoms. The Morgan fingerprint density at radius 2 is 1.77 bits per heavy atom. The lowest BCUT2D eigenvalue weighted by Gasteiger charge is -2.25. The molecule has 1 unspecified atom stereocenters. The number of hydrogen-bond donors (Lipinski definition) is 2. The number of alkyl halides is 3. The summed E-state index contributed by atoms with van der Waals surface area (Å²) in [7, 11) is 1.89. The van der Waals surface area contributed by atoms with Crippen LogP contribution in [-0.4, -0.2) is 77.4 Å². The van der Waals surface area contributed by atoms with Crippen LogP contribution in [0.15, 0.2) is 30.3 Å². The molecule has 0 saturated carbocycles. The Kier molecular flexibility index (Phi) is 10.5. The molecular weight excluding hydrogens is 408 g/mol. The van der Waals surface area contributed by atoms with E-state index in [2.05, 4.69) is 11.0 Å². The van der Waals surface area contributed by atoms with Gasteiger partial charge in [-0.3, -0.25) is 14.6 Å². The number of nitrogens with zero attached hydrogens (tertiary/aromatic N) is 2. The summed E-state index contributed by atoms with van der Waals surface area (Å²) in [5.41, 5.74) is 1.00. The van der Waals surface area contributed by atoms with Crippen molar-refractivity contribution in [2.75, 3.05) is 33.2 Å². The molecule has 0 bridgehead atoms. The van der Waals surface area contributed by atoms with Gasteiger partial charge in [0.15, 0.2) is 0 Å². The summed E-state index contributed by atoms with van der Waals surface area (Å²) in [6.07, 6.45) is 2.15. The van der Waals surface area contributed by atoms with Crippen LogP contribution in [0.3, 0.4) is 0 Å². The Bertz CT molecular complexity index is 708. The third-order valence-corrected chi connectivity index (χ3v) is 4.58. The summed E-state index contributed by atoms with van der Waals surface area (Å²) in [5, 5.41) is 16.0. The summed E-state index contributed by atoms with van der Waals surface area (Å²) in [4.78, 5) is 24.0. The Balaban J connectivity index is 0.000000553. The normalized spacial score (nSPS) is 18.0. The number of rotatable bonds is 6. The van der Waals surface area contributed by atoms with E-state index in [0.29, 0.717) is 6.04 Å². The van der Waals surface area contributed by atoms with Gasteiger partial charge in [-0.25, -0.2) is 9.18 Å². The second-order valence-corrected chi connectivity index (χ2v) is 6.95. The van der Waals surface area contributed by atoms with Gasteiger partial charge < -0.3 is 10.2 Å². The molecule has 1 fully saturated rings. The third-order valence-electron chi connectivity index (χ3n) is 4.58. The molecule has 0 radical (unpaired) electrons. The van der Waals surface area contributed by atoms with E-state index in [-0.39, 0.29) is 12.4 Å². The number of carbonyl (C=O) groups is 2. The van der Waals surface area contributed by atoms with Gasteiger partial charge in [0, 0.05) is 12.6 Å². The van der Waals surface area contributed by atoms with Crippen LogP contribution < -0.4 is 0 Å². The molecule has 2 rings (SSSR count). The summed E-state index contributed by atoms with van der Waals surface area (Å²) in [6, 6.07) is 6.82. The summed E-state index contributed by atoms with van der Waals surface area (Å²) < 4.78 is 44.6. The van der Waals surface area contributed by atoms with Crippen molar-refractivity contribution in [1.82, 2.24) is 9.80 Å². The number of aliphatic carboxylic acids is 2. The Morgan fingerprint density at radius 3 is 2.30 bits per heavy atom. The standard InChI is InChI=1S/C18H25FN2O2.C2HF3O2/c1-20(14-18(22)23)17-5-3-12-21(13-10-17)11-2-4-15-6-8-16(19)9-7-15;3-2(4,5)1(6)7/h2,4,6-9,17H,3,5,10-14H2,1H3,(H,22,23);(H,6,7)/b4-2+;. The molecule has 1 saturated heterocycles. The van der Waals surface area contributed by atoms with Gasteiger partial charge in [-0.2, -0.15) is 13.2 Å². The van der Waals surface area contributed by atoms with E-state index in [1.54, 1.807) is 12.1 Å². The lowest BCUT2D eigenvalue weighted by atomic mass is 10.1. The highest BCUT2D eigenvalue weighted by atomic mass is 19.4.